The first-order valence-electron chi connectivity index (χ1n) is 4.48. The molecule has 0 fully saturated rings. The Morgan fingerprint density at radius 2 is 1.86 bits per heavy atom. The lowest BCUT2D eigenvalue weighted by atomic mass is 10.1. The van der Waals surface area contributed by atoms with Gasteiger partial charge in [0.05, 0.1) is 0 Å². The van der Waals surface area contributed by atoms with E-state index in [4.69, 9.17) is 26.8 Å². The number of rotatable bonds is 1. The molecular weight excluding hydrogens is 202 g/mol. The number of benzene rings is 1. The second-order valence-corrected chi connectivity index (χ2v) is 3.72. The molecule has 0 saturated carbocycles. The molecule has 0 aromatic heterocycles. The summed E-state index contributed by atoms with van der Waals surface area (Å²) in [5.41, 5.74) is 7.03. The molecule has 1 unspecified atom stereocenters. The Morgan fingerprint density at radius 3 is 2.43 bits per heavy atom. The molecule has 1 heterocycles. The maximum Gasteiger partial charge on any atom is 0.161 e. The van der Waals surface area contributed by atoms with Crippen LogP contribution in [0.15, 0.2) is 12.1 Å². The maximum atomic E-state index is 5.83. The van der Waals surface area contributed by atoms with E-state index >= 15 is 0 Å². The molecule has 0 aliphatic carbocycles. The summed E-state index contributed by atoms with van der Waals surface area (Å²) in [6, 6.07) is 3.76. The van der Waals surface area contributed by atoms with Crippen LogP contribution in [0.4, 0.5) is 0 Å². The van der Waals surface area contributed by atoms with Crippen molar-refractivity contribution in [3.8, 4) is 11.5 Å². The highest BCUT2D eigenvalue weighted by molar-refractivity contribution is 6.20. The third kappa shape index (κ3) is 1.65. The number of halogens is 1. The van der Waals surface area contributed by atoms with E-state index in [-0.39, 0.29) is 0 Å². The Kier molecular flexibility index (Phi) is 2.52. The first-order chi connectivity index (χ1) is 6.68. The molecule has 4 heteroatoms. The molecular formula is C10H12ClNO2. The number of hydrogen-bond acceptors (Lipinski definition) is 3. The number of aryl methyl sites for hydroxylation is 1. The van der Waals surface area contributed by atoms with Crippen molar-refractivity contribution in [3.05, 3.63) is 23.3 Å². The summed E-state index contributed by atoms with van der Waals surface area (Å²) in [4.78, 5) is 0. The van der Waals surface area contributed by atoms with E-state index in [2.05, 4.69) is 0 Å². The van der Waals surface area contributed by atoms with Crippen molar-refractivity contribution < 1.29 is 9.47 Å². The summed E-state index contributed by atoms with van der Waals surface area (Å²) in [6.07, 6.45) is 0. The average Bonchev–Trinajstić information content (AvgIpc) is 2.16. The van der Waals surface area contributed by atoms with Crippen LogP contribution < -0.4 is 15.2 Å². The molecule has 14 heavy (non-hydrogen) atoms. The minimum absolute atomic E-state index is 0.495. The minimum atomic E-state index is -0.495. The van der Waals surface area contributed by atoms with Crippen LogP contribution in [0.5, 0.6) is 11.5 Å². The predicted octanol–water partition coefficient (Wildman–Crippen LogP) is 1.96. The third-order valence-electron chi connectivity index (χ3n) is 2.23. The molecule has 3 nitrogen and oxygen atoms in total. The Labute approximate surface area is 87.8 Å². The van der Waals surface area contributed by atoms with Crippen molar-refractivity contribution in [2.45, 2.75) is 12.4 Å². The fourth-order valence-corrected chi connectivity index (χ4v) is 1.74. The van der Waals surface area contributed by atoms with Crippen molar-refractivity contribution in [2.75, 3.05) is 13.2 Å². The molecule has 1 atom stereocenters. The van der Waals surface area contributed by atoms with E-state index in [1.807, 2.05) is 19.1 Å². The predicted molar refractivity (Wildman–Crippen MR) is 55.0 cm³/mol. The van der Waals surface area contributed by atoms with Crippen LogP contribution >= 0.6 is 11.6 Å². The first-order valence-corrected chi connectivity index (χ1v) is 4.92. The fourth-order valence-electron chi connectivity index (χ4n) is 1.50. The number of nitrogens with two attached hydrogens (primary N) is 1. The van der Waals surface area contributed by atoms with Crippen molar-refractivity contribution >= 4 is 11.6 Å². The highest BCUT2D eigenvalue weighted by Gasteiger charge is 2.16. The lowest BCUT2D eigenvalue weighted by Crippen LogP contribution is -2.16. The van der Waals surface area contributed by atoms with Crippen LogP contribution in [-0.4, -0.2) is 13.2 Å². The van der Waals surface area contributed by atoms with E-state index in [0.29, 0.717) is 13.2 Å². The molecule has 1 aliphatic heterocycles. The summed E-state index contributed by atoms with van der Waals surface area (Å²) in [5.74, 6) is 1.50. The van der Waals surface area contributed by atoms with Gasteiger partial charge in [0.2, 0.25) is 0 Å². The Morgan fingerprint density at radius 1 is 1.29 bits per heavy atom. The molecule has 76 valence electrons. The zero-order chi connectivity index (χ0) is 10.1. The van der Waals surface area contributed by atoms with Gasteiger partial charge >= 0.3 is 0 Å². The molecule has 2 N–H and O–H groups in total. The van der Waals surface area contributed by atoms with E-state index in [9.17, 15) is 0 Å². The van der Waals surface area contributed by atoms with Crippen LogP contribution in [0.1, 0.15) is 16.6 Å². The van der Waals surface area contributed by atoms with Crippen LogP contribution in [0.3, 0.4) is 0 Å². The lowest BCUT2D eigenvalue weighted by molar-refractivity contribution is 0.171. The smallest absolute Gasteiger partial charge is 0.161 e. The first kappa shape index (κ1) is 9.62. The van der Waals surface area contributed by atoms with Crippen molar-refractivity contribution in [1.29, 1.82) is 0 Å². The van der Waals surface area contributed by atoms with Gasteiger partial charge in [-0.2, -0.15) is 0 Å². The van der Waals surface area contributed by atoms with Gasteiger partial charge in [0.15, 0.2) is 11.5 Å². The van der Waals surface area contributed by atoms with Crippen molar-refractivity contribution in [1.82, 2.24) is 0 Å². The summed E-state index contributed by atoms with van der Waals surface area (Å²) in [5, 5.41) is 0. The van der Waals surface area contributed by atoms with Crippen LogP contribution in [0.25, 0.3) is 0 Å². The average molecular weight is 214 g/mol. The highest BCUT2D eigenvalue weighted by atomic mass is 35.5. The highest BCUT2D eigenvalue weighted by Crippen LogP contribution is 2.35. The summed E-state index contributed by atoms with van der Waals surface area (Å²) in [7, 11) is 0. The van der Waals surface area contributed by atoms with E-state index in [1.165, 1.54) is 0 Å². The molecule has 0 amide bonds. The fraction of sp³-hybridized carbons (Fsp3) is 0.400. The second kappa shape index (κ2) is 3.67. The van der Waals surface area contributed by atoms with Gasteiger partial charge in [-0.3, -0.25) is 0 Å². The normalized spacial score (nSPS) is 16.5. The monoisotopic (exact) mass is 213 g/mol. The number of alkyl halides is 1. The molecule has 1 aromatic rings. The van der Waals surface area contributed by atoms with E-state index in [1.54, 1.807) is 0 Å². The Bertz CT molecular complexity index is 352. The molecule has 0 bridgehead atoms. The maximum absolute atomic E-state index is 5.83. The topological polar surface area (TPSA) is 44.5 Å². The van der Waals surface area contributed by atoms with E-state index < -0.39 is 5.50 Å². The Hall–Kier alpha value is -0.930. The second-order valence-electron chi connectivity index (χ2n) is 3.25. The van der Waals surface area contributed by atoms with Gasteiger partial charge in [-0.25, -0.2) is 0 Å². The SMILES string of the molecule is Cc1cc2c(cc1C(N)Cl)OCCO2. The summed E-state index contributed by atoms with van der Waals surface area (Å²) in [6.45, 7) is 3.13. The van der Waals surface area contributed by atoms with Gasteiger partial charge < -0.3 is 15.2 Å². The van der Waals surface area contributed by atoms with Gasteiger partial charge in [-0.1, -0.05) is 0 Å². The van der Waals surface area contributed by atoms with Gasteiger partial charge in [-0.05, 0) is 30.2 Å². The largest absolute Gasteiger partial charge is 0.486 e. The standard InChI is InChI=1S/C10H12ClNO2/c1-6-4-8-9(14-3-2-13-8)5-7(6)10(11)12/h4-5,10H,2-3,12H2,1H3. The minimum Gasteiger partial charge on any atom is -0.486 e. The van der Waals surface area contributed by atoms with Gasteiger partial charge in [0.25, 0.3) is 0 Å². The zero-order valence-corrected chi connectivity index (χ0v) is 8.67. The van der Waals surface area contributed by atoms with Gasteiger partial charge in [0.1, 0.15) is 18.7 Å². The number of hydrogen-bond donors (Lipinski definition) is 1. The number of ether oxygens (including phenoxy) is 2. The molecule has 1 aliphatic rings. The Balaban J connectivity index is 2.45. The van der Waals surface area contributed by atoms with Crippen molar-refractivity contribution in [3.63, 3.8) is 0 Å². The number of fused-ring (bicyclic) bond motifs is 1. The molecule has 0 saturated heterocycles. The zero-order valence-electron chi connectivity index (χ0n) is 7.92. The third-order valence-corrected chi connectivity index (χ3v) is 2.46. The quantitative estimate of drug-likeness (QED) is 0.573. The summed E-state index contributed by atoms with van der Waals surface area (Å²) >= 11 is 5.83. The van der Waals surface area contributed by atoms with Gasteiger partial charge in [-0.15, -0.1) is 11.6 Å². The van der Waals surface area contributed by atoms with Crippen LogP contribution in [-0.2, 0) is 0 Å². The molecule has 0 spiro atoms. The molecule has 1 aromatic carbocycles. The van der Waals surface area contributed by atoms with Crippen LogP contribution in [0, 0.1) is 6.92 Å². The van der Waals surface area contributed by atoms with Gasteiger partial charge in [0, 0.05) is 0 Å². The van der Waals surface area contributed by atoms with Crippen molar-refractivity contribution in [2.24, 2.45) is 5.73 Å². The molecule has 0 radical (unpaired) electrons. The lowest BCUT2D eigenvalue weighted by Gasteiger charge is -2.20. The molecule has 2 rings (SSSR count). The van der Waals surface area contributed by atoms with Crippen LogP contribution in [0.2, 0.25) is 0 Å². The summed E-state index contributed by atoms with van der Waals surface area (Å²) < 4.78 is 10.9. The van der Waals surface area contributed by atoms with E-state index in [0.717, 1.165) is 22.6 Å².